The number of hydrogen-bond donors (Lipinski definition) is 4. The smallest absolute Gasteiger partial charge is 0.378 e. The molecule has 0 amide bonds. The summed E-state index contributed by atoms with van der Waals surface area (Å²) in [7, 11) is -0.650. The monoisotopic (exact) mass is 498 g/mol. The number of nitrogens with zero attached hydrogens (tertiary/aromatic N) is 1. The Labute approximate surface area is 202 Å². The van der Waals surface area contributed by atoms with E-state index in [2.05, 4.69) is 96.9 Å². The average Bonchev–Trinajstić information content (AvgIpc) is 2.59. The van der Waals surface area contributed by atoms with Crippen molar-refractivity contribution in [2.24, 2.45) is 5.73 Å². The summed E-state index contributed by atoms with van der Waals surface area (Å²) in [5, 5.41) is 2.19. The third-order valence-electron chi connectivity index (χ3n) is 4.37. The first kappa shape index (κ1) is 31.7. The lowest BCUT2D eigenvalue weighted by atomic mass is 10.1. The van der Waals surface area contributed by atoms with Crippen molar-refractivity contribution in [2.45, 2.75) is 71.2 Å². The molecule has 8 heteroatoms. The van der Waals surface area contributed by atoms with Crippen molar-refractivity contribution in [1.82, 2.24) is 0 Å². The van der Waals surface area contributed by atoms with Crippen molar-refractivity contribution in [1.29, 1.82) is 0 Å². The number of anilines is 1. The summed E-state index contributed by atoms with van der Waals surface area (Å²) in [6.07, 6.45) is 0.973. The maximum atomic E-state index is 8.88. The maximum absolute atomic E-state index is 8.88. The number of rotatable bonds is 4. The second kappa shape index (κ2) is 13.6. The van der Waals surface area contributed by atoms with Crippen LogP contribution < -0.4 is 15.9 Å². The van der Waals surface area contributed by atoms with E-state index in [0.29, 0.717) is 10.3 Å². The maximum Gasteiger partial charge on any atom is 0.466 e. The van der Waals surface area contributed by atoms with Crippen LogP contribution in [0.25, 0.3) is 0 Å². The minimum absolute atomic E-state index is 0.188. The van der Waals surface area contributed by atoms with Crippen LogP contribution in [0.5, 0.6) is 0 Å². The van der Waals surface area contributed by atoms with E-state index in [0.717, 1.165) is 6.42 Å². The molecule has 0 heterocycles. The quantitative estimate of drug-likeness (QED) is 0.437. The topological polar surface area (TPSA) is 107 Å². The molecule has 0 saturated carbocycles. The molecule has 6 nitrogen and oxygen atoms in total. The molecule has 0 aliphatic rings. The van der Waals surface area contributed by atoms with Crippen LogP contribution in [-0.2, 0) is 11.0 Å². The Kier molecular flexibility index (Phi) is 13.1. The molecule has 0 saturated heterocycles. The minimum atomic E-state index is -4.64. The number of hydrogen-bond acceptors (Lipinski definition) is 3. The first-order chi connectivity index (χ1) is 14.8. The van der Waals surface area contributed by atoms with E-state index in [1.807, 2.05) is 25.1 Å². The molecule has 0 spiro atoms. The molecule has 5 N–H and O–H groups in total. The predicted octanol–water partition coefficient (Wildman–Crippen LogP) is 5.10. The fraction of sp³-hybridized carbons (Fsp3) is 0.520. The summed E-state index contributed by atoms with van der Waals surface area (Å²) >= 11 is 0. The molecule has 0 aliphatic carbocycles. The molecule has 2 aromatic carbocycles. The van der Waals surface area contributed by atoms with Crippen molar-refractivity contribution in [2.75, 3.05) is 19.0 Å². The average molecular weight is 499 g/mol. The first-order valence-corrected chi connectivity index (χ1v) is 13.9. The van der Waals surface area contributed by atoms with Gasteiger partial charge in [-0.3, -0.25) is 0 Å². The molecule has 0 fully saturated rings. The molecule has 33 heavy (non-hydrogen) atoms. The van der Waals surface area contributed by atoms with Crippen LogP contribution in [0.2, 0.25) is 0 Å². The summed E-state index contributed by atoms with van der Waals surface area (Å²) in [5.74, 6) is 0. The van der Waals surface area contributed by atoms with Gasteiger partial charge in [-0.1, -0.05) is 91.9 Å². The standard InChI is InChI=1S/C16H28NP.C9H13N.H3O4P/c1-15(2,3)18(16(4,5)6)14-11-9-13(10-12-14)17(7)8;1-8(10)7-9-5-3-2-4-6-9;1-5(2,3)4/h9-12H,1-8H3;2-6,8H,7,10H2,1H3;(H3,1,2,3,4). The van der Waals surface area contributed by atoms with E-state index in [9.17, 15) is 0 Å². The van der Waals surface area contributed by atoms with Gasteiger partial charge in [-0.05, 0) is 46.7 Å². The summed E-state index contributed by atoms with van der Waals surface area (Å²) in [6, 6.07) is 19.7. The van der Waals surface area contributed by atoms with Crippen LogP contribution in [0, 0.1) is 0 Å². The number of nitrogens with two attached hydrogens (primary N) is 1. The molecule has 1 unspecified atom stereocenters. The SMILES string of the molecule is CC(N)Cc1ccccc1.CN(C)c1ccc(P(C(C)(C)C)C(C)(C)C)cc1.O=P(O)(O)O. The Hall–Kier alpha value is -1.26. The van der Waals surface area contributed by atoms with E-state index in [1.54, 1.807) is 0 Å². The molecule has 2 rings (SSSR count). The molecule has 0 aliphatic heterocycles. The van der Waals surface area contributed by atoms with Gasteiger partial charge in [0.1, 0.15) is 0 Å². The zero-order valence-electron chi connectivity index (χ0n) is 21.6. The molecule has 0 bridgehead atoms. The van der Waals surface area contributed by atoms with E-state index >= 15 is 0 Å². The van der Waals surface area contributed by atoms with Gasteiger partial charge in [0.15, 0.2) is 0 Å². The van der Waals surface area contributed by atoms with Gasteiger partial charge in [-0.2, -0.15) is 0 Å². The zero-order chi connectivity index (χ0) is 26.0. The fourth-order valence-corrected chi connectivity index (χ4v) is 7.68. The van der Waals surface area contributed by atoms with Crippen LogP contribution in [-0.4, -0.2) is 45.1 Å². The van der Waals surface area contributed by atoms with Gasteiger partial charge in [0.05, 0.1) is 0 Å². The van der Waals surface area contributed by atoms with Gasteiger partial charge in [0.2, 0.25) is 0 Å². The molecular formula is C25H44N2O4P2. The summed E-state index contributed by atoms with van der Waals surface area (Å²) in [5.41, 5.74) is 8.22. The van der Waals surface area contributed by atoms with E-state index in [-0.39, 0.29) is 14.0 Å². The molecule has 0 radical (unpaired) electrons. The van der Waals surface area contributed by atoms with Crippen LogP contribution in [0.4, 0.5) is 5.69 Å². The van der Waals surface area contributed by atoms with Crippen molar-refractivity contribution in [3.05, 3.63) is 60.2 Å². The highest BCUT2D eigenvalue weighted by Gasteiger charge is 2.35. The Bertz CT molecular complexity index is 815. The molecule has 188 valence electrons. The molecule has 2 aromatic rings. The predicted molar refractivity (Wildman–Crippen MR) is 145 cm³/mol. The Morgan fingerprint density at radius 3 is 1.58 bits per heavy atom. The molecule has 1 atom stereocenters. The highest BCUT2D eigenvalue weighted by atomic mass is 31.2. The summed E-state index contributed by atoms with van der Waals surface area (Å²) < 4.78 is 8.88. The van der Waals surface area contributed by atoms with Crippen molar-refractivity contribution in [3.8, 4) is 0 Å². The van der Waals surface area contributed by atoms with Crippen LogP contribution in [0.3, 0.4) is 0 Å². The second-order valence-electron chi connectivity index (χ2n) is 10.3. The van der Waals surface area contributed by atoms with Crippen LogP contribution in [0.1, 0.15) is 54.0 Å². The van der Waals surface area contributed by atoms with Gasteiger partial charge in [-0.25, -0.2) is 4.57 Å². The Balaban J connectivity index is 0.000000569. The highest BCUT2D eigenvalue weighted by Crippen LogP contribution is 2.58. The van der Waals surface area contributed by atoms with Gasteiger partial charge in [0, 0.05) is 25.8 Å². The Morgan fingerprint density at radius 2 is 1.27 bits per heavy atom. The van der Waals surface area contributed by atoms with Crippen LogP contribution in [0.15, 0.2) is 54.6 Å². The Morgan fingerprint density at radius 1 is 0.879 bits per heavy atom. The summed E-state index contributed by atoms with van der Waals surface area (Å²) in [4.78, 5) is 23.7. The van der Waals surface area contributed by atoms with Crippen LogP contribution >= 0.6 is 15.7 Å². The number of benzene rings is 2. The van der Waals surface area contributed by atoms with E-state index < -0.39 is 7.82 Å². The first-order valence-electron chi connectivity index (χ1n) is 11.0. The minimum Gasteiger partial charge on any atom is -0.378 e. The third-order valence-corrected chi connectivity index (χ3v) is 7.86. The van der Waals surface area contributed by atoms with Gasteiger partial charge < -0.3 is 25.3 Å². The second-order valence-corrected chi connectivity index (χ2v) is 15.2. The largest absolute Gasteiger partial charge is 0.466 e. The normalized spacial score (nSPS) is 12.8. The van der Waals surface area contributed by atoms with Crippen molar-refractivity contribution >= 4 is 26.7 Å². The van der Waals surface area contributed by atoms with Gasteiger partial charge in [0.25, 0.3) is 0 Å². The fourth-order valence-electron chi connectivity index (χ4n) is 3.67. The lowest BCUT2D eigenvalue weighted by Crippen LogP contribution is -2.31. The third kappa shape index (κ3) is 15.3. The molecular weight excluding hydrogens is 454 g/mol. The molecule has 0 aromatic heterocycles. The van der Waals surface area contributed by atoms with Gasteiger partial charge >= 0.3 is 7.82 Å². The van der Waals surface area contributed by atoms with E-state index in [1.165, 1.54) is 16.6 Å². The lowest BCUT2D eigenvalue weighted by molar-refractivity contribution is 0.275. The zero-order valence-corrected chi connectivity index (χ0v) is 23.4. The number of phosphoric acid groups is 1. The van der Waals surface area contributed by atoms with Crippen molar-refractivity contribution in [3.63, 3.8) is 0 Å². The van der Waals surface area contributed by atoms with Gasteiger partial charge in [-0.15, -0.1) is 0 Å². The van der Waals surface area contributed by atoms with Crippen molar-refractivity contribution < 1.29 is 19.2 Å². The lowest BCUT2D eigenvalue weighted by Gasteiger charge is -2.41. The van der Waals surface area contributed by atoms with E-state index in [4.69, 9.17) is 25.0 Å². The summed E-state index contributed by atoms with van der Waals surface area (Å²) in [6.45, 7) is 16.2. The highest BCUT2D eigenvalue weighted by molar-refractivity contribution is 7.68.